The zero-order valence-electron chi connectivity index (χ0n) is 11.7. The molecule has 0 saturated carbocycles. The van der Waals surface area contributed by atoms with E-state index in [2.05, 4.69) is 0 Å². The largest absolute Gasteiger partial charge is 0.455 e. The number of aliphatic hydroxyl groups excluding tert-OH is 1. The minimum atomic E-state index is -0.890. The highest BCUT2D eigenvalue weighted by Gasteiger charge is 2.42. The molecule has 1 saturated heterocycles. The van der Waals surface area contributed by atoms with E-state index >= 15 is 0 Å². The van der Waals surface area contributed by atoms with Crippen molar-refractivity contribution in [3.05, 3.63) is 48.0 Å². The molecule has 0 radical (unpaired) electrons. The van der Waals surface area contributed by atoms with Crippen LogP contribution in [-0.4, -0.2) is 36.0 Å². The molecule has 1 aliphatic heterocycles. The van der Waals surface area contributed by atoms with E-state index in [0.717, 1.165) is 5.56 Å². The van der Waals surface area contributed by atoms with Crippen molar-refractivity contribution in [3.8, 4) is 0 Å². The first kappa shape index (κ1) is 14.3. The van der Waals surface area contributed by atoms with Crippen molar-refractivity contribution < 1.29 is 24.1 Å². The van der Waals surface area contributed by atoms with Crippen LogP contribution in [0.3, 0.4) is 0 Å². The van der Waals surface area contributed by atoms with E-state index in [-0.39, 0.29) is 5.92 Å². The zero-order chi connectivity index (χ0) is 14.8. The van der Waals surface area contributed by atoms with Crippen LogP contribution in [0.1, 0.15) is 18.8 Å². The summed E-state index contributed by atoms with van der Waals surface area (Å²) in [6, 6.07) is 9.57. The normalized spacial score (nSPS) is 35.0. The fraction of sp³-hybridized carbons (Fsp3) is 0.438. The summed E-state index contributed by atoms with van der Waals surface area (Å²) in [7, 11) is 0. The molecule has 112 valence electrons. The third-order valence-corrected chi connectivity index (χ3v) is 3.74. The lowest BCUT2D eigenvalue weighted by Gasteiger charge is -2.41. The summed E-state index contributed by atoms with van der Waals surface area (Å²) in [4.78, 5) is 11.1. The molecule has 1 unspecified atom stereocenters. The number of esters is 1. The third-order valence-electron chi connectivity index (χ3n) is 3.74. The van der Waals surface area contributed by atoms with Crippen LogP contribution in [0.25, 0.3) is 0 Å². The Bertz CT molecular complexity index is 527. The van der Waals surface area contributed by atoms with E-state index < -0.39 is 30.6 Å². The second-order valence-corrected chi connectivity index (χ2v) is 5.29. The van der Waals surface area contributed by atoms with Crippen molar-refractivity contribution in [1.29, 1.82) is 0 Å². The highest BCUT2D eigenvalue weighted by molar-refractivity contribution is 5.66. The summed E-state index contributed by atoms with van der Waals surface area (Å²) >= 11 is 0. The Balaban J connectivity index is 1.74. The van der Waals surface area contributed by atoms with Gasteiger partial charge < -0.3 is 19.3 Å². The molecule has 1 N–H and O–H groups in total. The van der Waals surface area contributed by atoms with Gasteiger partial charge in [-0.3, -0.25) is 4.79 Å². The number of aliphatic hydroxyl groups is 1. The van der Waals surface area contributed by atoms with Gasteiger partial charge in [0.05, 0.1) is 12.7 Å². The summed E-state index contributed by atoms with van der Waals surface area (Å²) in [5.41, 5.74) is 0.904. The molecule has 3 rings (SSSR count). The van der Waals surface area contributed by atoms with Crippen LogP contribution in [0.4, 0.5) is 0 Å². The highest BCUT2D eigenvalue weighted by atomic mass is 16.7. The Morgan fingerprint density at radius 2 is 2.05 bits per heavy atom. The topological polar surface area (TPSA) is 65.0 Å². The molecule has 0 bridgehead atoms. The first-order chi connectivity index (χ1) is 10.1. The van der Waals surface area contributed by atoms with Gasteiger partial charge in [-0.2, -0.15) is 0 Å². The molecule has 1 heterocycles. The van der Waals surface area contributed by atoms with Crippen LogP contribution in [-0.2, 0) is 19.0 Å². The number of hydrogen-bond donors (Lipinski definition) is 1. The van der Waals surface area contributed by atoms with Gasteiger partial charge in [0.25, 0.3) is 0 Å². The van der Waals surface area contributed by atoms with Crippen LogP contribution in [0, 0.1) is 5.92 Å². The summed E-state index contributed by atoms with van der Waals surface area (Å²) in [5, 5.41) is 10.4. The van der Waals surface area contributed by atoms with Gasteiger partial charge in [0.2, 0.25) is 0 Å². The number of benzene rings is 1. The number of rotatable bonds is 2. The Kier molecular flexibility index (Phi) is 4.05. The molecule has 5 atom stereocenters. The van der Waals surface area contributed by atoms with Gasteiger partial charge in [-0.1, -0.05) is 36.4 Å². The average molecular weight is 290 g/mol. The lowest BCUT2D eigenvalue weighted by molar-refractivity contribution is -0.264. The van der Waals surface area contributed by atoms with Crippen molar-refractivity contribution in [3.63, 3.8) is 0 Å². The van der Waals surface area contributed by atoms with Gasteiger partial charge in [-0.25, -0.2) is 0 Å². The van der Waals surface area contributed by atoms with E-state index in [9.17, 15) is 9.90 Å². The van der Waals surface area contributed by atoms with Crippen molar-refractivity contribution >= 4 is 5.97 Å². The minimum absolute atomic E-state index is 0.0354. The Hall–Kier alpha value is -1.69. The van der Waals surface area contributed by atoms with E-state index in [1.807, 2.05) is 36.4 Å². The maximum Gasteiger partial charge on any atom is 0.303 e. The second kappa shape index (κ2) is 5.97. The van der Waals surface area contributed by atoms with Crippen molar-refractivity contribution in [2.24, 2.45) is 5.92 Å². The predicted octanol–water partition coefficient (Wildman–Crippen LogP) is 1.58. The lowest BCUT2D eigenvalue weighted by atomic mass is 9.88. The Labute approximate surface area is 123 Å². The highest BCUT2D eigenvalue weighted by Crippen LogP contribution is 2.35. The number of carbonyl (C=O) groups is 1. The first-order valence-corrected chi connectivity index (χ1v) is 7.01. The number of hydrogen-bond acceptors (Lipinski definition) is 5. The number of carbonyl (C=O) groups excluding carboxylic acids is 1. The summed E-state index contributed by atoms with van der Waals surface area (Å²) < 4.78 is 16.7. The SMILES string of the molecule is CC(=O)O[C@H]1C=C[C@@H]2COC(c3ccccc3)O[C@H]2[C@@H]1O. The maximum atomic E-state index is 11.1. The summed E-state index contributed by atoms with van der Waals surface area (Å²) in [6.07, 6.45) is 1.07. The van der Waals surface area contributed by atoms with Gasteiger partial charge in [-0.15, -0.1) is 0 Å². The fourth-order valence-electron chi connectivity index (χ4n) is 2.71. The average Bonchev–Trinajstić information content (AvgIpc) is 2.50. The summed E-state index contributed by atoms with van der Waals surface area (Å²) in [5.74, 6) is -0.458. The number of ether oxygens (including phenoxy) is 3. The molecule has 0 amide bonds. The molecule has 5 nitrogen and oxygen atoms in total. The second-order valence-electron chi connectivity index (χ2n) is 5.29. The zero-order valence-corrected chi connectivity index (χ0v) is 11.7. The van der Waals surface area contributed by atoms with Crippen LogP contribution in [0.5, 0.6) is 0 Å². The fourth-order valence-corrected chi connectivity index (χ4v) is 2.71. The van der Waals surface area contributed by atoms with E-state index in [1.54, 1.807) is 6.08 Å². The molecule has 21 heavy (non-hydrogen) atoms. The van der Waals surface area contributed by atoms with Crippen molar-refractivity contribution in [1.82, 2.24) is 0 Å². The molecule has 0 spiro atoms. The van der Waals surface area contributed by atoms with Crippen LogP contribution >= 0.6 is 0 Å². The molecular formula is C16H18O5. The lowest BCUT2D eigenvalue weighted by Crippen LogP contribution is -2.51. The monoisotopic (exact) mass is 290 g/mol. The molecule has 1 aromatic rings. The molecule has 0 aromatic heterocycles. The first-order valence-electron chi connectivity index (χ1n) is 7.01. The molecule has 1 aromatic carbocycles. The van der Waals surface area contributed by atoms with Gasteiger partial charge in [0.15, 0.2) is 6.29 Å². The summed E-state index contributed by atoms with van der Waals surface area (Å²) in [6.45, 7) is 1.79. The number of fused-ring (bicyclic) bond motifs is 1. The maximum absolute atomic E-state index is 11.1. The third kappa shape index (κ3) is 3.00. The molecule has 5 heteroatoms. The van der Waals surface area contributed by atoms with E-state index in [4.69, 9.17) is 14.2 Å². The molecule has 2 aliphatic rings. The Morgan fingerprint density at radius 1 is 1.29 bits per heavy atom. The van der Waals surface area contributed by atoms with Gasteiger partial charge >= 0.3 is 5.97 Å². The van der Waals surface area contributed by atoms with E-state index in [1.165, 1.54) is 6.92 Å². The van der Waals surface area contributed by atoms with Crippen LogP contribution in [0.2, 0.25) is 0 Å². The van der Waals surface area contributed by atoms with Gasteiger partial charge in [0.1, 0.15) is 12.2 Å². The van der Waals surface area contributed by atoms with Crippen molar-refractivity contribution in [2.75, 3.05) is 6.61 Å². The van der Waals surface area contributed by atoms with Gasteiger partial charge in [-0.05, 0) is 6.08 Å². The van der Waals surface area contributed by atoms with Gasteiger partial charge in [0, 0.05) is 18.4 Å². The molecule has 1 aliphatic carbocycles. The molecular weight excluding hydrogens is 272 g/mol. The standard InChI is InChI=1S/C16H18O5/c1-10(17)20-13-8-7-12-9-19-16(21-15(12)14(13)18)11-5-3-2-4-6-11/h2-8,12-16,18H,9H2,1H3/t12-,13+,14-,15-,16?/m1/s1. The Morgan fingerprint density at radius 3 is 2.76 bits per heavy atom. The quantitative estimate of drug-likeness (QED) is 0.662. The van der Waals surface area contributed by atoms with E-state index in [0.29, 0.717) is 6.61 Å². The van der Waals surface area contributed by atoms with Crippen LogP contribution in [0.15, 0.2) is 42.5 Å². The predicted molar refractivity (Wildman–Crippen MR) is 74.2 cm³/mol. The minimum Gasteiger partial charge on any atom is -0.455 e. The smallest absolute Gasteiger partial charge is 0.303 e. The molecule has 1 fully saturated rings. The van der Waals surface area contributed by atoms with Crippen LogP contribution < -0.4 is 0 Å². The van der Waals surface area contributed by atoms with Crippen molar-refractivity contribution in [2.45, 2.75) is 31.5 Å².